The molecule has 1 aliphatic rings. The summed E-state index contributed by atoms with van der Waals surface area (Å²) < 4.78 is 13.1. The first-order valence-corrected chi connectivity index (χ1v) is 8.66. The molecule has 0 N–H and O–H groups in total. The van der Waals surface area contributed by atoms with Crippen molar-refractivity contribution in [3.8, 4) is 6.07 Å². The van der Waals surface area contributed by atoms with E-state index in [9.17, 15) is 9.65 Å². The Balaban J connectivity index is 1.88. The van der Waals surface area contributed by atoms with E-state index < -0.39 is 0 Å². The Morgan fingerprint density at radius 2 is 1.92 bits per heavy atom. The highest BCUT2D eigenvalue weighted by molar-refractivity contribution is 5.69. The van der Waals surface area contributed by atoms with Gasteiger partial charge in [0.25, 0.3) is 0 Å². The number of halogens is 1. The largest absolute Gasteiger partial charge is 0.350 e. The van der Waals surface area contributed by atoms with Crippen LogP contribution in [0.15, 0.2) is 30.3 Å². The van der Waals surface area contributed by atoms with Gasteiger partial charge >= 0.3 is 0 Å². The van der Waals surface area contributed by atoms with Gasteiger partial charge in [-0.2, -0.15) is 10.4 Å². The van der Waals surface area contributed by atoms with Crippen molar-refractivity contribution in [1.82, 2.24) is 10.2 Å². The van der Waals surface area contributed by atoms with Gasteiger partial charge in [0.15, 0.2) is 5.82 Å². The molecule has 25 heavy (non-hydrogen) atoms. The second kappa shape index (κ2) is 7.43. The topological polar surface area (TPSA) is 52.8 Å². The summed E-state index contributed by atoms with van der Waals surface area (Å²) in [5.74, 6) is 0.449. The van der Waals surface area contributed by atoms with Gasteiger partial charge in [-0.05, 0) is 48.1 Å². The van der Waals surface area contributed by atoms with Crippen molar-refractivity contribution in [2.24, 2.45) is 0 Å². The van der Waals surface area contributed by atoms with Crippen molar-refractivity contribution in [3.63, 3.8) is 0 Å². The summed E-state index contributed by atoms with van der Waals surface area (Å²) in [4.78, 5) is 2.09. The van der Waals surface area contributed by atoms with E-state index >= 15 is 0 Å². The fourth-order valence-electron chi connectivity index (χ4n) is 3.29. The summed E-state index contributed by atoms with van der Waals surface area (Å²) in [7, 11) is 0. The van der Waals surface area contributed by atoms with Gasteiger partial charge in [-0.1, -0.05) is 32.1 Å². The van der Waals surface area contributed by atoms with Gasteiger partial charge in [-0.3, -0.25) is 0 Å². The lowest BCUT2D eigenvalue weighted by molar-refractivity contribution is 0.627. The fraction of sp³-hybridized carbons (Fsp3) is 0.350. The first kappa shape index (κ1) is 17.1. The molecule has 0 saturated heterocycles. The highest BCUT2D eigenvalue weighted by Crippen LogP contribution is 2.28. The van der Waals surface area contributed by atoms with Crippen LogP contribution in [-0.2, 0) is 12.8 Å². The van der Waals surface area contributed by atoms with Crippen molar-refractivity contribution in [1.29, 1.82) is 5.26 Å². The number of nitrogens with zero attached hydrogens (tertiary/aromatic N) is 4. The van der Waals surface area contributed by atoms with Crippen LogP contribution < -0.4 is 4.90 Å². The van der Waals surface area contributed by atoms with Crippen molar-refractivity contribution in [2.75, 3.05) is 18.0 Å². The monoisotopic (exact) mass is 336 g/mol. The van der Waals surface area contributed by atoms with Gasteiger partial charge in [-0.25, -0.2) is 4.39 Å². The standard InChI is InChI=1S/C20H21FN4/c1-3-17-18(13-22)20(24-23-19(17)4-2)25-11-9-15(10-12-25)14-5-7-16(21)8-6-14/h5-9H,3-4,10-12H2,1-2H3. The highest BCUT2D eigenvalue weighted by Gasteiger charge is 2.21. The molecule has 4 nitrogen and oxygen atoms in total. The summed E-state index contributed by atoms with van der Waals surface area (Å²) >= 11 is 0. The molecule has 3 rings (SSSR count). The molecule has 0 aliphatic carbocycles. The maximum absolute atomic E-state index is 13.1. The smallest absolute Gasteiger partial charge is 0.169 e. The van der Waals surface area contributed by atoms with Gasteiger partial charge in [0.05, 0.1) is 5.69 Å². The number of benzene rings is 1. The van der Waals surface area contributed by atoms with Crippen LogP contribution in [0.3, 0.4) is 0 Å². The number of nitriles is 1. The first-order chi connectivity index (χ1) is 12.2. The maximum Gasteiger partial charge on any atom is 0.169 e. The van der Waals surface area contributed by atoms with Crippen molar-refractivity contribution >= 4 is 11.4 Å². The van der Waals surface area contributed by atoms with Crippen molar-refractivity contribution in [2.45, 2.75) is 33.1 Å². The lowest BCUT2D eigenvalue weighted by atomic mass is 9.98. The number of hydrogen-bond donors (Lipinski definition) is 0. The van der Waals surface area contributed by atoms with Gasteiger partial charge in [-0.15, -0.1) is 5.10 Å². The Morgan fingerprint density at radius 1 is 1.16 bits per heavy atom. The molecule has 0 bridgehead atoms. The molecule has 1 aromatic carbocycles. The van der Waals surface area contributed by atoms with Crippen LogP contribution in [-0.4, -0.2) is 23.3 Å². The number of hydrogen-bond acceptors (Lipinski definition) is 4. The zero-order valence-corrected chi connectivity index (χ0v) is 14.6. The fourth-order valence-corrected chi connectivity index (χ4v) is 3.29. The van der Waals surface area contributed by atoms with Crippen molar-refractivity contribution in [3.05, 3.63) is 58.5 Å². The molecule has 1 aromatic heterocycles. The third-order valence-electron chi connectivity index (χ3n) is 4.66. The second-order valence-corrected chi connectivity index (χ2v) is 6.08. The molecule has 1 aliphatic heterocycles. The van der Waals surface area contributed by atoms with E-state index in [-0.39, 0.29) is 5.82 Å². The molecule has 0 atom stereocenters. The summed E-state index contributed by atoms with van der Waals surface area (Å²) in [6.07, 6.45) is 4.51. The molecule has 128 valence electrons. The number of rotatable bonds is 4. The Hall–Kier alpha value is -2.74. The number of aryl methyl sites for hydroxylation is 1. The van der Waals surface area contributed by atoms with E-state index in [1.54, 1.807) is 0 Å². The summed E-state index contributed by atoms with van der Waals surface area (Å²) in [5.41, 5.74) is 4.80. The van der Waals surface area contributed by atoms with Crippen molar-refractivity contribution < 1.29 is 4.39 Å². The minimum atomic E-state index is -0.223. The zero-order chi connectivity index (χ0) is 17.8. The average Bonchev–Trinajstić information content (AvgIpc) is 2.67. The normalized spacial score (nSPS) is 14.2. The highest BCUT2D eigenvalue weighted by atomic mass is 19.1. The van der Waals surface area contributed by atoms with Gasteiger partial charge < -0.3 is 4.90 Å². The lowest BCUT2D eigenvalue weighted by Crippen LogP contribution is -2.30. The first-order valence-electron chi connectivity index (χ1n) is 8.66. The predicted octanol–water partition coefficient (Wildman–Crippen LogP) is 3.91. The lowest BCUT2D eigenvalue weighted by Gasteiger charge is -2.28. The van der Waals surface area contributed by atoms with E-state index in [4.69, 9.17) is 0 Å². The van der Waals surface area contributed by atoms with E-state index in [1.165, 1.54) is 17.7 Å². The molecule has 0 amide bonds. The Morgan fingerprint density at radius 3 is 2.48 bits per heavy atom. The second-order valence-electron chi connectivity index (χ2n) is 6.08. The van der Waals surface area contributed by atoms with Crippen LogP contribution in [0.25, 0.3) is 5.57 Å². The van der Waals surface area contributed by atoms with Crippen LogP contribution >= 0.6 is 0 Å². The Labute approximate surface area is 147 Å². The molecule has 0 radical (unpaired) electrons. The van der Waals surface area contributed by atoms with Crippen LogP contribution in [0.4, 0.5) is 10.2 Å². The summed E-state index contributed by atoms with van der Waals surface area (Å²) in [5, 5.41) is 18.3. The predicted molar refractivity (Wildman–Crippen MR) is 96.7 cm³/mol. The average molecular weight is 336 g/mol. The van der Waals surface area contributed by atoms with Crippen LogP contribution in [0.5, 0.6) is 0 Å². The molecule has 0 spiro atoms. The van der Waals surface area contributed by atoms with Crippen LogP contribution in [0.2, 0.25) is 0 Å². The molecule has 0 fully saturated rings. The summed E-state index contributed by atoms with van der Waals surface area (Å²) in [6.45, 7) is 5.51. The molecule has 0 saturated carbocycles. The van der Waals surface area contributed by atoms with E-state index in [1.807, 2.05) is 26.0 Å². The molecule has 5 heteroatoms. The number of aromatic nitrogens is 2. The molecular weight excluding hydrogens is 315 g/mol. The Kier molecular flexibility index (Phi) is 5.08. The molecular formula is C20H21FN4. The SMILES string of the molecule is CCc1nnc(N2CC=C(c3ccc(F)cc3)CC2)c(C#N)c1CC. The van der Waals surface area contributed by atoms with Gasteiger partial charge in [0, 0.05) is 13.1 Å². The van der Waals surface area contributed by atoms with Crippen LogP contribution in [0.1, 0.15) is 42.7 Å². The maximum atomic E-state index is 13.1. The van der Waals surface area contributed by atoms with E-state index in [0.29, 0.717) is 17.9 Å². The molecule has 2 heterocycles. The zero-order valence-electron chi connectivity index (χ0n) is 14.6. The molecule has 2 aromatic rings. The van der Waals surface area contributed by atoms with Gasteiger partial charge in [0.2, 0.25) is 0 Å². The number of anilines is 1. The van der Waals surface area contributed by atoms with Gasteiger partial charge in [0.1, 0.15) is 17.4 Å². The third-order valence-corrected chi connectivity index (χ3v) is 4.66. The third kappa shape index (κ3) is 3.39. The minimum Gasteiger partial charge on any atom is -0.350 e. The summed E-state index contributed by atoms with van der Waals surface area (Å²) in [6, 6.07) is 8.92. The molecule has 0 unspecified atom stereocenters. The van der Waals surface area contributed by atoms with E-state index in [0.717, 1.165) is 42.6 Å². The minimum absolute atomic E-state index is 0.223. The van der Waals surface area contributed by atoms with E-state index in [2.05, 4.69) is 27.2 Å². The quantitative estimate of drug-likeness (QED) is 0.849. The van der Waals surface area contributed by atoms with Crippen LogP contribution in [0, 0.1) is 17.1 Å². The Bertz CT molecular complexity index is 834.